The van der Waals surface area contributed by atoms with Gasteiger partial charge in [0.1, 0.15) is 5.49 Å². The molecule has 1 aliphatic rings. The molecular formula is C16H24BN3O. The van der Waals surface area contributed by atoms with Gasteiger partial charge in [-0.2, -0.15) is 0 Å². The zero-order valence-electron chi connectivity index (χ0n) is 13.0. The molecule has 5 heteroatoms. The number of rotatable bonds is 1. The Bertz CT molecular complexity index is 579. The van der Waals surface area contributed by atoms with E-state index in [9.17, 15) is 4.79 Å². The van der Waals surface area contributed by atoms with E-state index < -0.39 is 6.03 Å². The van der Waals surface area contributed by atoms with Crippen molar-refractivity contribution in [3.8, 4) is 0 Å². The summed E-state index contributed by atoms with van der Waals surface area (Å²) in [5, 5.41) is 7.70. The van der Waals surface area contributed by atoms with Crippen LogP contribution >= 0.6 is 0 Å². The lowest BCUT2D eigenvalue weighted by molar-refractivity contribution is 0.249. The van der Waals surface area contributed by atoms with Gasteiger partial charge in [-0.15, -0.1) is 0 Å². The second-order valence-corrected chi connectivity index (χ2v) is 6.93. The fourth-order valence-corrected chi connectivity index (χ4v) is 3.34. The van der Waals surface area contributed by atoms with Crippen LogP contribution in [0.15, 0.2) is 18.3 Å². The molecule has 0 aromatic carbocycles. The van der Waals surface area contributed by atoms with E-state index >= 15 is 0 Å². The minimum Gasteiger partial charge on any atom is -0.351 e. The minimum atomic E-state index is -0.606. The first-order chi connectivity index (χ1) is 9.73. The van der Waals surface area contributed by atoms with Crippen LogP contribution < -0.4 is 11.2 Å². The normalized spacial score (nSPS) is 30.4. The second-order valence-electron chi connectivity index (χ2n) is 6.93. The molecular weight excluding hydrogens is 261 g/mol. The van der Waals surface area contributed by atoms with E-state index in [1.54, 1.807) is 12.3 Å². The molecule has 21 heavy (non-hydrogen) atoms. The number of nitrogens with two attached hydrogens (primary N) is 1. The third-order valence-corrected chi connectivity index (χ3v) is 4.84. The molecule has 0 saturated heterocycles. The van der Waals surface area contributed by atoms with Gasteiger partial charge in [-0.25, -0.2) is 4.79 Å². The van der Waals surface area contributed by atoms with Crippen molar-refractivity contribution in [1.82, 2.24) is 4.57 Å². The average molecular weight is 285 g/mol. The third-order valence-electron chi connectivity index (χ3n) is 4.84. The molecule has 3 N–H and O–H groups in total. The molecule has 4 nitrogen and oxygen atoms in total. The summed E-state index contributed by atoms with van der Waals surface area (Å²) in [5.41, 5.74) is 6.55. The number of primary amides is 1. The zero-order valence-corrected chi connectivity index (χ0v) is 13.0. The van der Waals surface area contributed by atoms with Crippen molar-refractivity contribution in [3.05, 3.63) is 29.4 Å². The summed E-state index contributed by atoms with van der Waals surface area (Å²) in [6, 6.07) is 2.99. The number of pyridine rings is 1. The second kappa shape index (κ2) is 5.70. The number of hydrogen-bond acceptors (Lipinski definition) is 2. The average Bonchev–Trinajstić information content (AvgIpc) is 2.36. The fourth-order valence-electron chi connectivity index (χ4n) is 3.34. The van der Waals surface area contributed by atoms with Gasteiger partial charge < -0.3 is 5.73 Å². The predicted molar refractivity (Wildman–Crippen MR) is 84.4 cm³/mol. The Balaban J connectivity index is 2.29. The van der Waals surface area contributed by atoms with Gasteiger partial charge in [0.05, 0.1) is 7.85 Å². The highest BCUT2D eigenvalue weighted by atomic mass is 16.2. The number of nitrogens with zero attached hydrogens (tertiary/aromatic N) is 1. The van der Waals surface area contributed by atoms with Crippen LogP contribution in [0.5, 0.6) is 0 Å². The van der Waals surface area contributed by atoms with E-state index in [-0.39, 0.29) is 16.2 Å². The summed E-state index contributed by atoms with van der Waals surface area (Å²) in [5.74, 6) is 0. The van der Waals surface area contributed by atoms with Crippen LogP contribution in [0.4, 0.5) is 4.79 Å². The third kappa shape index (κ3) is 3.58. The van der Waals surface area contributed by atoms with Gasteiger partial charge >= 0.3 is 6.03 Å². The van der Waals surface area contributed by atoms with Crippen molar-refractivity contribution in [2.45, 2.75) is 63.1 Å². The summed E-state index contributed by atoms with van der Waals surface area (Å²) in [4.78, 5) is 11.4. The molecule has 0 aliphatic heterocycles. The van der Waals surface area contributed by atoms with Crippen LogP contribution in [0, 0.1) is 5.41 Å². The SMILES string of the molecule is [B]C1(C)CCCC(C)(c2ccc(=N)n(C(N)=O)c2)CCC1. The Hall–Kier alpha value is -1.52. The number of carbonyl (C=O) groups is 1. The van der Waals surface area contributed by atoms with Crippen molar-refractivity contribution in [1.29, 1.82) is 5.41 Å². The molecule has 1 heterocycles. The maximum Gasteiger partial charge on any atom is 0.324 e. The van der Waals surface area contributed by atoms with E-state index in [1.807, 2.05) is 6.07 Å². The van der Waals surface area contributed by atoms with Gasteiger partial charge in [0.25, 0.3) is 0 Å². The van der Waals surface area contributed by atoms with Gasteiger partial charge in [0.15, 0.2) is 0 Å². The highest BCUT2D eigenvalue weighted by Gasteiger charge is 2.31. The van der Waals surface area contributed by atoms with E-state index in [0.29, 0.717) is 0 Å². The van der Waals surface area contributed by atoms with Crippen molar-refractivity contribution in [2.24, 2.45) is 5.73 Å². The van der Waals surface area contributed by atoms with Gasteiger partial charge in [-0.1, -0.05) is 50.9 Å². The number of hydrogen-bond donors (Lipinski definition) is 2. The number of nitrogens with one attached hydrogen (secondary N) is 1. The Kier molecular flexibility index (Phi) is 4.31. The van der Waals surface area contributed by atoms with Gasteiger partial charge in [0.2, 0.25) is 0 Å². The first-order valence-corrected chi connectivity index (χ1v) is 7.60. The van der Waals surface area contributed by atoms with Gasteiger partial charge in [-0.3, -0.25) is 9.98 Å². The molecule has 1 aromatic rings. The van der Waals surface area contributed by atoms with Crippen LogP contribution in [-0.2, 0) is 5.41 Å². The van der Waals surface area contributed by atoms with Crippen LogP contribution in [0.2, 0.25) is 5.31 Å². The Morgan fingerprint density at radius 1 is 1.24 bits per heavy atom. The van der Waals surface area contributed by atoms with Crippen molar-refractivity contribution in [3.63, 3.8) is 0 Å². The molecule has 0 atom stereocenters. The predicted octanol–water partition coefficient (Wildman–Crippen LogP) is 2.85. The lowest BCUT2D eigenvalue weighted by Gasteiger charge is -2.37. The highest BCUT2D eigenvalue weighted by Crippen LogP contribution is 2.43. The molecule has 1 aromatic heterocycles. The van der Waals surface area contributed by atoms with Crippen LogP contribution in [0.3, 0.4) is 0 Å². The van der Waals surface area contributed by atoms with Crippen LogP contribution in [0.25, 0.3) is 0 Å². The molecule has 112 valence electrons. The Morgan fingerprint density at radius 3 is 2.33 bits per heavy atom. The lowest BCUT2D eigenvalue weighted by Crippen LogP contribution is -2.34. The van der Waals surface area contributed by atoms with Crippen LogP contribution in [0.1, 0.15) is 57.9 Å². The molecule has 1 amide bonds. The fraction of sp³-hybridized carbons (Fsp3) is 0.625. The monoisotopic (exact) mass is 285 g/mol. The van der Waals surface area contributed by atoms with E-state index in [4.69, 9.17) is 19.0 Å². The lowest BCUT2D eigenvalue weighted by atomic mass is 9.60. The smallest absolute Gasteiger partial charge is 0.324 e. The summed E-state index contributed by atoms with van der Waals surface area (Å²) >= 11 is 0. The quantitative estimate of drug-likeness (QED) is 0.765. The van der Waals surface area contributed by atoms with Crippen molar-refractivity contribution in [2.75, 3.05) is 0 Å². The van der Waals surface area contributed by atoms with E-state index in [1.165, 1.54) is 4.57 Å². The molecule has 2 radical (unpaired) electrons. The maximum atomic E-state index is 11.4. The molecule has 0 unspecified atom stereocenters. The highest BCUT2D eigenvalue weighted by molar-refractivity contribution is 6.14. The molecule has 0 bridgehead atoms. The molecule has 1 aliphatic carbocycles. The summed E-state index contributed by atoms with van der Waals surface area (Å²) in [6.45, 7) is 4.36. The number of carbonyl (C=O) groups excluding carboxylic acids is 1. The Morgan fingerprint density at radius 2 is 1.81 bits per heavy atom. The van der Waals surface area contributed by atoms with Gasteiger partial charge in [-0.05, 0) is 29.9 Å². The Labute approximate surface area is 127 Å². The molecule has 0 spiro atoms. The van der Waals surface area contributed by atoms with E-state index in [0.717, 1.165) is 44.1 Å². The van der Waals surface area contributed by atoms with E-state index in [2.05, 4.69) is 13.8 Å². The molecule has 1 fully saturated rings. The first kappa shape index (κ1) is 15.9. The number of aromatic nitrogens is 1. The summed E-state index contributed by atoms with van der Waals surface area (Å²) < 4.78 is 1.21. The standard InChI is InChI=1S/C16H24BN3O/c1-15(7-3-9-16(2,17)10-4-8-15)12-5-6-13(18)20(11-12)14(19)21/h5-6,11,18H,3-4,7-10H2,1-2H3,(H2,19,21). The maximum absolute atomic E-state index is 11.4. The topological polar surface area (TPSA) is 71.9 Å². The largest absolute Gasteiger partial charge is 0.351 e. The minimum absolute atomic E-state index is 0.0153. The summed E-state index contributed by atoms with van der Waals surface area (Å²) in [6.07, 6.45) is 8.00. The molecule has 2 rings (SSSR count). The van der Waals surface area contributed by atoms with Crippen molar-refractivity contribution >= 4 is 13.9 Å². The number of amides is 1. The zero-order chi connectivity index (χ0) is 15.7. The first-order valence-electron chi connectivity index (χ1n) is 7.60. The summed E-state index contributed by atoms with van der Waals surface area (Å²) in [7, 11) is 6.27. The van der Waals surface area contributed by atoms with Crippen LogP contribution in [-0.4, -0.2) is 18.4 Å². The van der Waals surface area contributed by atoms with Gasteiger partial charge in [0, 0.05) is 6.20 Å². The van der Waals surface area contributed by atoms with Crippen molar-refractivity contribution < 1.29 is 4.79 Å². The molecule has 1 saturated carbocycles.